The minimum Gasteiger partial charge on any atom is -0.352 e. The van der Waals surface area contributed by atoms with Gasteiger partial charge in [-0.25, -0.2) is 9.59 Å². The van der Waals surface area contributed by atoms with Crippen molar-refractivity contribution < 1.29 is 19.2 Å². The lowest BCUT2D eigenvalue weighted by molar-refractivity contribution is -0.152. The first-order valence-electron chi connectivity index (χ1n) is 7.18. The van der Waals surface area contributed by atoms with Gasteiger partial charge in [-0.05, 0) is 12.8 Å². The van der Waals surface area contributed by atoms with Gasteiger partial charge in [0, 0.05) is 13.1 Å². The smallest absolute Gasteiger partial charge is 0.330 e. The lowest BCUT2D eigenvalue weighted by Gasteiger charge is -2.38. The molecule has 1 heterocycles. The lowest BCUT2D eigenvalue weighted by Crippen LogP contribution is -2.64. The molecule has 8 heteroatoms. The average Bonchev–Trinajstić information content (AvgIpc) is 2.67. The number of carbonyl (C=O) groups excluding carboxylic acids is 4. The number of hydrogen-bond acceptors (Lipinski definition) is 4. The predicted molar refractivity (Wildman–Crippen MR) is 73.0 cm³/mol. The molecular weight excluding hydrogens is 276 g/mol. The van der Waals surface area contributed by atoms with Gasteiger partial charge in [0.05, 0.1) is 0 Å². The van der Waals surface area contributed by atoms with Crippen LogP contribution >= 0.6 is 0 Å². The Balaban J connectivity index is 2.14. The Morgan fingerprint density at radius 2 is 1.81 bits per heavy atom. The van der Waals surface area contributed by atoms with Crippen LogP contribution in [0.5, 0.6) is 0 Å². The van der Waals surface area contributed by atoms with Gasteiger partial charge in [-0.15, -0.1) is 0 Å². The highest BCUT2D eigenvalue weighted by Gasteiger charge is 2.53. The number of amides is 6. The Morgan fingerprint density at radius 1 is 1.19 bits per heavy atom. The zero-order chi connectivity index (χ0) is 15.5. The fourth-order valence-electron chi connectivity index (χ4n) is 3.00. The molecule has 4 N–H and O–H groups in total. The molecule has 6 amide bonds. The Hall–Kier alpha value is -2.12. The largest absolute Gasteiger partial charge is 0.352 e. The van der Waals surface area contributed by atoms with E-state index in [1.807, 2.05) is 0 Å². The summed E-state index contributed by atoms with van der Waals surface area (Å²) in [6, 6.07) is -1.45. The van der Waals surface area contributed by atoms with Crippen LogP contribution in [0.15, 0.2) is 0 Å². The topological polar surface area (TPSA) is 122 Å². The molecule has 2 rings (SSSR count). The quantitative estimate of drug-likeness (QED) is 0.638. The Labute approximate surface area is 122 Å². The highest BCUT2D eigenvalue weighted by molar-refractivity contribution is 6.19. The van der Waals surface area contributed by atoms with Crippen LogP contribution in [-0.4, -0.2) is 41.9 Å². The number of nitrogens with one attached hydrogen (secondary N) is 2. The van der Waals surface area contributed by atoms with E-state index in [4.69, 9.17) is 5.73 Å². The summed E-state index contributed by atoms with van der Waals surface area (Å²) in [5.41, 5.74) is 3.82. The molecule has 0 bridgehead atoms. The van der Waals surface area contributed by atoms with E-state index >= 15 is 0 Å². The van der Waals surface area contributed by atoms with Gasteiger partial charge < -0.3 is 11.1 Å². The van der Waals surface area contributed by atoms with Crippen LogP contribution in [-0.2, 0) is 9.59 Å². The van der Waals surface area contributed by atoms with Crippen LogP contribution in [0.2, 0.25) is 0 Å². The third-order valence-corrected chi connectivity index (χ3v) is 4.15. The Morgan fingerprint density at radius 3 is 2.38 bits per heavy atom. The molecule has 1 spiro atoms. The Kier molecular flexibility index (Phi) is 4.44. The molecule has 0 radical (unpaired) electrons. The van der Waals surface area contributed by atoms with Crippen molar-refractivity contribution in [3.63, 3.8) is 0 Å². The van der Waals surface area contributed by atoms with Crippen molar-refractivity contribution in [1.82, 2.24) is 15.5 Å². The fourth-order valence-corrected chi connectivity index (χ4v) is 3.00. The summed E-state index contributed by atoms with van der Waals surface area (Å²) in [7, 11) is 0. The Bertz CT molecular complexity index is 469. The van der Waals surface area contributed by atoms with E-state index in [0.29, 0.717) is 12.8 Å². The zero-order valence-electron chi connectivity index (χ0n) is 11.8. The molecule has 0 atom stereocenters. The van der Waals surface area contributed by atoms with Gasteiger partial charge in [0.2, 0.25) is 11.8 Å². The van der Waals surface area contributed by atoms with Gasteiger partial charge in [0.1, 0.15) is 5.41 Å². The zero-order valence-corrected chi connectivity index (χ0v) is 11.8. The number of rotatable bonds is 3. The maximum Gasteiger partial charge on any atom is 0.330 e. The molecule has 2 fully saturated rings. The molecule has 0 aromatic heterocycles. The molecule has 0 aromatic rings. The molecular formula is C13H20N4O4. The first-order valence-corrected chi connectivity index (χ1v) is 7.18. The highest BCUT2D eigenvalue weighted by atomic mass is 16.2. The summed E-state index contributed by atoms with van der Waals surface area (Å²) >= 11 is 0. The predicted octanol–water partition coefficient (Wildman–Crippen LogP) is 0.0737. The number of carbonyl (C=O) groups is 4. The second-order valence-electron chi connectivity index (χ2n) is 5.50. The molecule has 1 aliphatic carbocycles. The number of barbiturate groups is 1. The van der Waals surface area contributed by atoms with Crippen molar-refractivity contribution >= 4 is 23.9 Å². The van der Waals surface area contributed by atoms with Gasteiger partial charge in [0.15, 0.2) is 0 Å². The summed E-state index contributed by atoms with van der Waals surface area (Å²) < 4.78 is 0. The number of urea groups is 2. The minimum atomic E-state index is -1.13. The van der Waals surface area contributed by atoms with E-state index in [0.717, 1.165) is 30.6 Å². The third-order valence-electron chi connectivity index (χ3n) is 4.15. The molecule has 21 heavy (non-hydrogen) atoms. The summed E-state index contributed by atoms with van der Waals surface area (Å²) in [4.78, 5) is 48.3. The van der Waals surface area contributed by atoms with Crippen molar-refractivity contribution in [3.8, 4) is 0 Å². The molecule has 1 aliphatic heterocycles. The van der Waals surface area contributed by atoms with Crippen molar-refractivity contribution in [1.29, 1.82) is 0 Å². The normalized spacial score (nSPS) is 21.9. The maximum atomic E-state index is 12.7. The molecule has 116 valence electrons. The second-order valence-corrected chi connectivity index (χ2v) is 5.50. The number of imide groups is 2. The first kappa shape index (κ1) is 15.3. The minimum absolute atomic E-state index is 0.00262. The number of primary amides is 1. The van der Waals surface area contributed by atoms with Crippen molar-refractivity contribution in [3.05, 3.63) is 0 Å². The van der Waals surface area contributed by atoms with Crippen LogP contribution in [0.1, 0.15) is 38.5 Å². The van der Waals surface area contributed by atoms with Gasteiger partial charge in [-0.1, -0.05) is 25.7 Å². The summed E-state index contributed by atoms with van der Waals surface area (Å²) in [5.74, 6) is -0.942. The van der Waals surface area contributed by atoms with E-state index in [9.17, 15) is 19.2 Å². The SMILES string of the molecule is NC(=O)NCCN1C(=O)NC(=O)C2(CCCCCC2)C1=O. The first-order chi connectivity index (χ1) is 9.97. The summed E-state index contributed by atoms with van der Waals surface area (Å²) in [6.07, 6.45) is 4.48. The van der Waals surface area contributed by atoms with E-state index in [1.54, 1.807) is 0 Å². The van der Waals surface area contributed by atoms with Gasteiger partial charge in [0.25, 0.3) is 0 Å². The second kappa shape index (κ2) is 6.11. The molecule has 0 unspecified atom stereocenters. The van der Waals surface area contributed by atoms with Crippen LogP contribution in [0, 0.1) is 5.41 Å². The maximum absolute atomic E-state index is 12.7. The summed E-state index contributed by atoms with van der Waals surface area (Å²) in [5, 5.41) is 4.60. The van der Waals surface area contributed by atoms with Crippen molar-refractivity contribution in [2.75, 3.05) is 13.1 Å². The van der Waals surface area contributed by atoms with Gasteiger partial charge >= 0.3 is 12.1 Å². The monoisotopic (exact) mass is 296 g/mol. The average molecular weight is 296 g/mol. The van der Waals surface area contributed by atoms with Crippen molar-refractivity contribution in [2.24, 2.45) is 11.1 Å². The molecule has 1 saturated carbocycles. The van der Waals surface area contributed by atoms with Gasteiger partial charge in [-0.3, -0.25) is 19.8 Å². The molecule has 2 aliphatic rings. The molecule has 0 aromatic carbocycles. The van der Waals surface area contributed by atoms with Crippen LogP contribution < -0.4 is 16.4 Å². The lowest BCUT2D eigenvalue weighted by atomic mass is 9.77. The number of nitrogens with two attached hydrogens (primary N) is 1. The van der Waals surface area contributed by atoms with Crippen molar-refractivity contribution in [2.45, 2.75) is 38.5 Å². The highest BCUT2D eigenvalue weighted by Crippen LogP contribution is 2.38. The van der Waals surface area contributed by atoms with Crippen LogP contribution in [0.25, 0.3) is 0 Å². The van der Waals surface area contributed by atoms with E-state index in [-0.39, 0.29) is 13.1 Å². The van der Waals surface area contributed by atoms with E-state index in [2.05, 4.69) is 10.6 Å². The van der Waals surface area contributed by atoms with Crippen LogP contribution in [0.4, 0.5) is 9.59 Å². The molecule has 1 saturated heterocycles. The van der Waals surface area contributed by atoms with E-state index in [1.165, 1.54) is 0 Å². The number of nitrogens with zero attached hydrogens (tertiary/aromatic N) is 1. The third kappa shape index (κ3) is 2.98. The standard InChI is InChI=1S/C13H20N4O4/c14-11(20)15-7-8-17-10(19)13(9(18)16-12(17)21)5-3-1-2-4-6-13/h1-8H2,(H3,14,15,20)(H,16,18,21). The van der Waals surface area contributed by atoms with Crippen LogP contribution in [0.3, 0.4) is 0 Å². The molecule has 8 nitrogen and oxygen atoms in total. The summed E-state index contributed by atoms with van der Waals surface area (Å²) in [6.45, 7) is 0.0708. The number of hydrogen-bond donors (Lipinski definition) is 3. The van der Waals surface area contributed by atoms with E-state index < -0.39 is 29.3 Å². The van der Waals surface area contributed by atoms with Gasteiger partial charge in [-0.2, -0.15) is 0 Å². The fraction of sp³-hybridized carbons (Fsp3) is 0.692.